The molecular formula is C21H19ClN4O. The first-order valence-electron chi connectivity index (χ1n) is 9.14. The minimum Gasteiger partial charge on any atom is -0.369 e. The molecule has 136 valence electrons. The summed E-state index contributed by atoms with van der Waals surface area (Å²) in [6.45, 7) is 1.51. The Balaban J connectivity index is 1.39. The molecule has 2 aliphatic heterocycles. The van der Waals surface area contributed by atoms with Crippen LogP contribution in [0, 0.1) is 0 Å². The topological polar surface area (TPSA) is 57.3 Å². The number of nitrogens with zero attached hydrogens (tertiary/aromatic N) is 2. The summed E-state index contributed by atoms with van der Waals surface area (Å²) in [5.74, 6) is 0.956. The number of pyridine rings is 1. The molecule has 2 N–H and O–H groups in total. The fourth-order valence-electron chi connectivity index (χ4n) is 4.00. The predicted octanol–water partition coefficient (Wildman–Crippen LogP) is 4.29. The number of piperidine rings is 1. The van der Waals surface area contributed by atoms with Crippen LogP contribution in [0.15, 0.2) is 54.6 Å². The van der Waals surface area contributed by atoms with Gasteiger partial charge >= 0.3 is 0 Å². The minimum absolute atomic E-state index is 0.0513. The Morgan fingerprint density at radius 2 is 1.74 bits per heavy atom. The molecule has 1 saturated heterocycles. The summed E-state index contributed by atoms with van der Waals surface area (Å²) in [5, 5.41) is 8.24. The summed E-state index contributed by atoms with van der Waals surface area (Å²) in [6, 6.07) is 17.7. The zero-order valence-corrected chi connectivity index (χ0v) is 15.5. The molecule has 3 heterocycles. The molecule has 1 amide bonds. The third-order valence-corrected chi connectivity index (χ3v) is 5.89. The number of halogens is 1. The number of para-hydroxylation sites is 3. The van der Waals surface area contributed by atoms with Crippen molar-refractivity contribution in [1.82, 2.24) is 4.98 Å². The second kappa shape index (κ2) is 6.13. The normalized spacial score (nSPS) is 18.1. The number of amides is 1. The summed E-state index contributed by atoms with van der Waals surface area (Å²) in [4.78, 5) is 19.8. The molecule has 0 bridgehead atoms. The van der Waals surface area contributed by atoms with Crippen LogP contribution in [-0.2, 0) is 4.79 Å². The van der Waals surface area contributed by atoms with Crippen molar-refractivity contribution in [2.24, 2.45) is 0 Å². The highest BCUT2D eigenvalue weighted by Gasteiger charge is 2.44. The largest absolute Gasteiger partial charge is 0.369 e. The van der Waals surface area contributed by atoms with Crippen LogP contribution in [0.25, 0.3) is 10.9 Å². The van der Waals surface area contributed by atoms with E-state index >= 15 is 0 Å². The minimum atomic E-state index is -0.556. The molecular weight excluding hydrogens is 360 g/mol. The van der Waals surface area contributed by atoms with E-state index in [1.165, 1.54) is 0 Å². The van der Waals surface area contributed by atoms with Crippen LogP contribution in [0.2, 0.25) is 5.02 Å². The van der Waals surface area contributed by atoms with Crippen LogP contribution in [0.1, 0.15) is 12.8 Å². The molecule has 1 spiro atoms. The number of benzene rings is 2. The van der Waals surface area contributed by atoms with Gasteiger partial charge in [-0.3, -0.25) is 4.79 Å². The number of nitrogens with one attached hydrogen (secondary N) is 2. The van der Waals surface area contributed by atoms with Crippen LogP contribution in [-0.4, -0.2) is 29.5 Å². The van der Waals surface area contributed by atoms with Gasteiger partial charge in [-0.05, 0) is 43.2 Å². The summed E-state index contributed by atoms with van der Waals surface area (Å²) >= 11 is 6.31. The quantitative estimate of drug-likeness (QED) is 0.663. The van der Waals surface area contributed by atoms with Gasteiger partial charge in [0.2, 0.25) is 5.91 Å². The average molecular weight is 379 g/mol. The Morgan fingerprint density at radius 3 is 2.56 bits per heavy atom. The van der Waals surface area contributed by atoms with Gasteiger partial charge < -0.3 is 15.5 Å². The number of carbonyl (C=O) groups excluding carboxylic acids is 1. The third-order valence-electron chi connectivity index (χ3n) is 5.58. The van der Waals surface area contributed by atoms with E-state index in [-0.39, 0.29) is 5.91 Å². The number of rotatable bonds is 1. The summed E-state index contributed by atoms with van der Waals surface area (Å²) < 4.78 is 0. The Morgan fingerprint density at radius 1 is 0.963 bits per heavy atom. The molecule has 1 fully saturated rings. The Hall–Kier alpha value is -2.79. The van der Waals surface area contributed by atoms with Crippen LogP contribution in [0.4, 0.5) is 17.2 Å². The Kier molecular flexibility index (Phi) is 3.72. The number of fused-ring (bicyclic) bond motifs is 2. The molecule has 27 heavy (non-hydrogen) atoms. The van der Waals surface area contributed by atoms with Gasteiger partial charge in [0, 0.05) is 18.5 Å². The first-order chi connectivity index (χ1) is 13.1. The van der Waals surface area contributed by atoms with E-state index in [0.29, 0.717) is 5.02 Å². The zero-order chi connectivity index (χ0) is 18.4. The number of aromatic nitrogens is 1. The predicted molar refractivity (Wildman–Crippen MR) is 110 cm³/mol. The average Bonchev–Trinajstić information content (AvgIpc) is 2.70. The second-order valence-electron chi connectivity index (χ2n) is 7.17. The summed E-state index contributed by atoms with van der Waals surface area (Å²) in [6.07, 6.45) is 1.44. The fraction of sp³-hybridized carbons (Fsp3) is 0.238. The monoisotopic (exact) mass is 378 g/mol. The van der Waals surface area contributed by atoms with Crippen LogP contribution in [0.3, 0.4) is 0 Å². The van der Waals surface area contributed by atoms with Gasteiger partial charge in [-0.1, -0.05) is 35.9 Å². The van der Waals surface area contributed by atoms with E-state index in [2.05, 4.69) is 21.6 Å². The lowest BCUT2D eigenvalue weighted by Crippen LogP contribution is -2.58. The fourth-order valence-corrected chi connectivity index (χ4v) is 4.23. The lowest BCUT2D eigenvalue weighted by atomic mass is 9.84. The molecule has 0 aliphatic carbocycles. The maximum Gasteiger partial charge on any atom is 0.250 e. The molecule has 2 aliphatic rings. The smallest absolute Gasteiger partial charge is 0.250 e. The van der Waals surface area contributed by atoms with Gasteiger partial charge in [0.15, 0.2) is 0 Å². The van der Waals surface area contributed by atoms with Crippen LogP contribution >= 0.6 is 11.6 Å². The summed E-state index contributed by atoms with van der Waals surface area (Å²) in [5.41, 5.74) is 2.10. The van der Waals surface area contributed by atoms with Crippen molar-refractivity contribution in [2.45, 2.75) is 18.4 Å². The first-order valence-corrected chi connectivity index (χ1v) is 9.51. The maximum atomic E-state index is 12.8. The van der Waals surface area contributed by atoms with Crippen molar-refractivity contribution in [3.63, 3.8) is 0 Å². The van der Waals surface area contributed by atoms with Gasteiger partial charge in [-0.15, -0.1) is 0 Å². The second-order valence-corrected chi connectivity index (χ2v) is 7.58. The molecule has 6 heteroatoms. The van der Waals surface area contributed by atoms with Crippen molar-refractivity contribution in [3.05, 3.63) is 59.6 Å². The Labute approximate surface area is 162 Å². The van der Waals surface area contributed by atoms with Gasteiger partial charge in [0.25, 0.3) is 0 Å². The lowest BCUT2D eigenvalue weighted by Gasteiger charge is -2.44. The highest BCUT2D eigenvalue weighted by Crippen LogP contribution is 2.37. The molecule has 0 atom stereocenters. The van der Waals surface area contributed by atoms with Crippen LogP contribution < -0.4 is 15.5 Å². The molecule has 3 aromatic rings. The van der Waals surface area contributed by atoms with Gasteiger partial charge in [0.1, 0.15) is 11.4 Å². The van der Waals surface area contributed by atoms with E-state index in [1.54, 1.807) is 0 Å². The highest BCUT2D eigenvalue weighted by atomic mass is 35.5. The molecule has 5 nitrogen and oxygen atoms in total. The van der Waals surface area contributed by atoms with E-state index in [1.807, 2.05) is 48.5 Å². The Bertz CT molecular complexity index is 1040. The van der Waals surface area contributed by atoms with E-state index < -0.39 is 5.54 Å². The van der Waals surface area contributed by atoms with E-state index in [0.717, 1.165) is 54.0 Å². The number of hydrogen-bond donors (Lipinski definition) is 2. The van der Waals surface area contributed by atoms with Crippen molar-refractivity contribution in [2.75, 3.05) is 28.6 Å². The van der Waals surface area contributed by atoms with Crippen molar-refractivity contribution >= 4 is 45.6 Å². The van der Waals surface area contributed by atoms with Crippen molar-refractivity contribution < 1.29 is 4.79 Å². The highest BCUT2D eigenvalue weighted by molar-refractivity contribution is 6.35. The molecule has 0 saturated carbocycles. The van der Waals surface area contributed by atoms with Crippen molar-refractivity contribution in [3.8, 4) is 0 Å². The zero-order valence-electron chi connectivity index (χ0n) is 14.7. The lowest BCUT2D eigenvalue weighted by molar-refractivity contribution is -0.121. The molecule has 5 rings (SSSR count). The number of hydrogen-bond acceptors (Lipinski definition) is 4. The van der Waals surface area contributed by atoms with Gasteiger partial charge in [0.05, 0.1) is 21.9 Å². The summed E-state index contributed by atoms with van der Waals surface area (Å²) in [7, 11) is 0. The first kappa shape index (κ1) is 16.4. The third kappa shape index (κ3) is 2.70. The van der Waals surface area contributed by atoms with E-state index in [9.17, 15) is 4.79 Å². The molecule has 2 aromatic carbocycles. The van der Waals surface area contributed by atoms with Gasteiger partial charge in [-0.2, -0.15) is 0 Å². The number of carbonyl (C=O) groups is 1. The standard InChI is InChI=1S/C21H19ClN4O/c22-15-5-3-4-14-8-9-18(24-19(14)15)26-12-10-21(11-13-26)20(27)23-16-6-1-2-7-17(16)25-21/h1-9,25H,10-13H2,(H,23,27). The van der Waals surface area contributed by atoms with Crippen molar-refractivity contribution in [1.29, 1.82) is 0 Å². The number of anilines is 3. The maximum absolute atomic E-state index is 12.8. The molecule has 0 radical (unpaired) electrons. The molecule has 1 aromatic heterocycles. The van der Waals surface area contributed by atoms with E-state index in [4.69, 9.17) is 16.6 Å². The SMILES string of the molecule is O=C1Nc2ccccc2NC12CCN(c1ccc3cccc(Cl)c3n1)CC2. The molecule has 0 unspecified atom stereocenters. The van der Waals surface area contributed by atoms with Crippen LogP contribution in [0.5, 0.6) is 0 Å². The van der Waals surface area contributed by atoms with Gasteiger partial charge in [-0.25, -0.2) is 4.98 Å².